The fraction of sp³-hybridized carbons (Fsp3) is 0.636. The molecule has 1 saturated carbocycles. The molecule has 148 valence electrons. The van der Waals surface area contributed by atoms with Gasteiger partial charge < -0.3 is 15.3 Å². The molecule has 1 saturated heterocycles. The van der Waals surface area contributed by atoms with Crippen LogP contribution in [0.25, 0.3) is 0 Å². The number of hydrogen-bond donors (Lipinski definition) is 2. The highest BCUT2D eigenvalue weighted by molar-refractivity contribution is 6.00. The largest absolute Gasteiger partial charge is 0.392 e. The van der Waals surface area contributed by atoms with Gasteiger partial charge in [-0.2, -0.15) is 0 Å². The molecule has 2 N–H and O–H groups in total. The molecule has 1 heterocycles. The minimum atomic E-state index is -0.496. The lowest BCUT2D eigenvalue weighted by Crippen LogP contribution is -2.49. The molecule has 0 aromatic heterocycles. The number of nitrogens with one attached hydrogen (secondary N) is 1. The van der Waals surface area contributed by atoms with E-state index in [1.807, 2.05) is 50.8 Å². The number of benzene rings is 1. The summed E-state index contributed by atoms with van der Waals surface area (Å²) >= 11 is 0. The summed E-state index contributed by atoms with van der Waals surface area (Å²) < 4.78 is 0. The molecule has 5 nitrogen and oxygen atoms in total. The standard InChI is InChI=1S/C22H32N2O3/c1-15-16(8-5-9-17(15)23-20(27)21(2,3)4)19(26)24-13-7-12-22(14-24)11-6-10-18(22)25/h5,8-9,18,25H,6-7,10-14H2,1-4H3,(H,23,27)/t18-,22+/m1/s1. The molecule has 5 heteroatoms. The zero-order valence-electron chi connectivity index (χ0n) is 17.0. The topological polar surface area (TPSA) is 69.6 Å². The first-order valence-corrected chi connectivity index (χ1v) is 10.0. The average Bonchev–Trinajstić information content (AvgIpc) is 2.95. The Bertz CT molecular complexity index is 738. The van der Waals surface area contributed by atoms with Gasteiger partial charge in [-0.05, 0) is 50.3 Å². The lowest BCUT2D eigenvalue weighted by Gasteiger charge is -2.42. The van der Waals surface area contributed by atoms with Crippen LogP contribution in [-0.2, 0) is 4.79 Å². The van der Waals surface area contributed by atoms with E-state index >= 15 is 0 Å². The van der Waals surface area contributed by atoms with Gasteiger partial charge in [-0.1, -0.05) is 33.3 Å². The first-order valence-electron chi connectivity index (χ1n) is 10.0. The van der Waals surface area contributed by atoms with E-state index in [9.17, 15) is 14.7 Å². The molecule has 2 fully saturated rings. The van der Waals surface area contributed by atoms with E-state index in [4.69, 9.17) is 0 Å². The van der Waals surface area contributed by atoms with Crippen molar-refractivity contribution < 1.29 is 14.7 Å². The van der Waals surface area contributed by atoms with Gasteiger partial charge in [0.25, 0.3) is 5.91 Å². The van der Waals surface area contributed by atoms with Crippen LogP contribution in [0.2, 0.25) is 0 Å². The van der Waals surface area contributed by atoms with Crippen molar-refractivity contribution in [2.75, 3.05) is 18.4 Å². The van der Waals surface area contributed by atoms with Gasteiger partial charge in [0.1, 0.15) is 0 Å². The van der Waals surface area contributed by atoms with E-state index in [0.29, 0.717) is 17.8 Å². The molecule has 0 radical (unpaired) electrons. The van der Waals surface area contributed by atoms with Crippen LogP contribution in [0.3, 0.4) is 0 Å². The fourth-order valence-corrected chi connectivity index (χ4v) is 4.41. The molecule has 1 aromatic carbocycles. The number of hydrogen-bond acceptors (Lipinski definition) is 3. The van der Waals surface area contributed by atoms with Crippen molar-refractivity contribution in [2.24, 2.45) is 10.8 Å². The molecule has 2 atom stereocenters. The summed E-state index contributed by atoms with van der Waals surface area (Å²) in [5, 5.41) is 13.4. The van der Waals surface area contributed by atoms with E-state index in [0.717, 1.165) is 44.2 Å². The van der Waals surface area contributed by atoms with Gasteiger partial charge in [-0.25, -0.2) is 0 Å². The number of amides is 2. The van der Waals surface area contributed by atoms with E-state index < -0.39 is 5.41 Å². The van der Waals surface area contributed by atoms with Crippen LogP contribution in [0, 0.1) is 17.8 Å². The molecule has 2 aliphatic rings. The molecule has 0 bridgehead atoms. The van der Waals surface area contributed by atoms with E-state index in [2.05, 4.69) is 5.32 Å². The van der Waals surface area contributed by atoms with Crippen LogP contribution in [0.4, 0.5) is 5.69 Å². The van der Waals surface area contributed by atoms with Gasteiger partial charge in [0.05, 0.1) is 6.10 Å². The number of likely N-dealkylation sites (tertiary alicyclic amines) is 1. The monoisotopic (exact) mass is 372 g/mol. The summed E-state index contributed by atoms with van der Waals surface area (Å²) in [4.78, 5) is 27.5. The number of aliphatic hydroxyl groups excluding tert-OH is 1. The molecule has 27 heavy (non-hydrogen) atoms. The molecule has 2 amide bonds. The van der Waals surface area contributed by atoms with Crippen LogP contribution >= 0.6 is 0 Å². The Kier molecular flexibility index (Phi) is 5.35. The van der Waals surface area contributed by atoms with E-state index in [1.54, 1.807) is 0 Å². The highest BCUT2D eigenvalue weighted by Crippen LogP contribution is 2.45. The number of rotatable bonds is 2. The summed E-state index contributed by atoms with van der Waals surface area (Å²) in [5.74, 6) is -0.0706. The fourth-order valence-electron chi connectivity index (χ4n) is 4.41. The Morgan fingerprint density at radius 2 is 1.93 bits per heavy atom. The predicted octanol–water partition coefficient (Wildman–Crippen LogP) is 3.75. The van der Waals surface area contributed by atoms with Gasteiger partial charge in [-0.3, -0.25) is 9.59 Å². The first-order chi connectivity index (χ1) is 12.6. The second kappa shape index (κ2) is 7.27. The summed E-state index contributed by atoms with van der Waals surface area (Å²) in [5.41, 5.74) is 1.50. The SMILES string of the molecule is Cc1c(NC(=O)C(C)(C)C)cccc1C(=O)N1CCC[C@@]2(CCC[C@H]2O)C1. The van der Waals surface area contributed by atoms with Crippen LogP contribution in [0.15, 0.2) is 18.2 Å². The molecule has 1 aliphatic heterocycles. The lowest BCUT2D eigenvalue weighted by molar-refractivity contribution is -0.123. The van der Waals surface area contributed by atoms with Crippen molar-refractivity contribution in [1.82, 2.24) is 4.90 Å². The second-order valence-electron chi connectivity index (χ2n) is 9.28. The maximum atomic E-state index is 13.2. The number of anilines is 1. The zero-order chi connectivity index (χ0) is 19.8. The van der Waals surface area contributed by atoms with Crippen LogP contribution in [0.1, 0.15) is 68.8 Å². The molecular formula is C22H32N2O3. The van der Waals surface area contributed by atoms with Crippen LogP contribution in [0.5, 0.6) is 0 Å². The van der Waals surface area contributed by atoms with Crippen molar-refractivity contribution in [2.45, 2.75) is 65.9 Å². The molecule has 0 unspecified atom stereocenters. The summed E-state index contributed by atoms with van der Waals surface area (Å²) in [6, 6.07) is 5.49. The van der Waals surface area contributed by atoms with Gasteiger partial charge in [0.15, 0.2) is 0 Å². The van der Waals surface area contributed by atoms with Crippen molar-refractivity contribution in [3.63, 3.8) is 0 Å². The molecule has 1 spiro atoms. The Hall–Kier alpha value is -1.88. The van der Waals surface area contributed by atoms with Gasteiger partial charge in [0, 0.05) is 35.2 Å². The smallest absolute Gasteiger partial charge is 0.254 e. The van der Waals surface area contributed by atoms with Crippen molar-refractivity contribution in [1.29, 1.82) is 0 Å². The summed E-state index contributed by atoms with van der Waals surface area (Å²) in [6.45, 7) is 8.85. The molecule has 1 aliphatic carbocycles. The molecule has 3 rings (SSSR count). The first kappa shape index (κ1) is 19.9. The Labute approximate surface area is 162 Å². The second-order valence-corrected chi connectivity index (χ2v) is 9.28. The highest BCUT2D eigenvalue weighted by atomic mass is 16.3. The van der Waals surface area contributed by atoms with Crippen LogP contribution in [-0.4, -0.2) is 41.0 Å². The van der Waals surface area contributed by atoms with Gasteiger partial charge in [-0.15, -0.1) is 0 Å². The Morgan fingerprint density at radius 3 is 2.56 bits per heavy atom. The predicted molar refractivity (Wildman–Crippen MR) is 107 cm³/mol. The van der Waals surface area contributed by atoms with Crippen molar-refractivity contribution in [3.05, 3.63) is 29.3 Å². The zero-order valence-corrected chi connectivity index (χ0v) is 17.0. The van der Waals surface area contributed by atoms with Gasteiger partial charge in [0.2, 0.25) is 5.91 Å². The normalized spacial score (nSPS) is 25.7. The van der Waals surface area contributed by atoms with Gasteiger partial charge >= 0.3 is 0 Å². The summed E-state index contributed by atoms with van der Waals surface area (Å²) in [6.07, 6.45) is 4.51. The van der Waals surface area contributed by atoms with E-state index in [1.165, 1.54) is 0 Å². The number of nitrogens with zero attached hydrogens (tertiary/aromatic N) is 1. The van der Waals surface area contributed by atoms with E-state index in [-0.39, 0.29) is 23.3 Å². The minimum absolute atomic E-state index is 0.00228. The molecular weight excluding hydrogens is 340 g/mol. The minimum Gasteiger partial charge on any atom is -0.392 e. The van der Waals surface area contributed by atoms with Crippen molar-refractivity contribution in [3.8, 4) is 0 Å². The Morgan fingerprint density at radius 1 is 1.22 bits per heavy atom. The lowest BCUT2D eigenvalue weighted by atomic mass is 9.76. The number of aliphatic hydroxyl groups is 1. The third kappa shape index (κ3) is 3.88. The molecule has 1 aromatic rings. The maximum absolute atomic E-state index is 13.2. The number of carbonyl (C=O) groups excluding carboxylic acids is 2. The number of piperidine rings is 1. The van der Waals surface area contributed by atoms with Crippen LogP contribution < -0.4 is 5.32 Å². The number of carbonyl (C=O) groups is 2. The Balaban J connectivity index is 1.81. The quantitative estimate of drug-likeness (QED) is 0.831. The average molecular weight is 373 g/mol. The van der Waals surface area contributed by atoms with Crippen molar-refractivity contribution >= 4 is 17.5 Å². The highest BCUT2D eigenvalue weighted by Gasteiger charge is 2.45. The summed E-state index contributed by atoms with van der Waals surface area (Å²) in [7, 11) is 0. The maximum Gasteiger partial charge on any atom is 0.254 e. The third-order valence-electron chi connectivity index (χ3n) is 6.25. The third-order valence-corrected chi connectivity index (χ3v) is 6.25.